The summed E-state index contributed by atoms with van der Waals surface area (Å²) in [6, 6.07) is 8.01. The van der Waals surface area contributed by atoms with E-state index in [4.69, 9.17) is 0 Å². The Morgan fingerprint density at radius 3 is 2.65 bits per heavy atom. The van der Waals surface area contributed by atoms with E-state index in [0.29, 0.717) is 11.6 Å². The number of rotatable bonds is 6. The Bertz CT molecular complexity index is 747. The van der Waals surface area contributed by atoms with Crippen LogP contribution in [0.1, 0.15) is 36.0 Å². The van der Waals surface area contributed by atoms with Crippen molar-refractivity contribution in [2.24, 2.45) is 0 Å². The lowest BCUT2D eigenvalue weighted by molar-refractivity contribution is 0.104. The van der Waals surface area contributed by atoms with Crippen molar-refractivity contribution in [2.45, 2.75) is 31.7 Å². The number of carbonyl (C=O) groups is 1. The van der Waals surface area contributed by atoms with Crippen LogP contribution >= 0.6 is 0 Å². The highest BCUT2D eigenvalue weighted by molar-refractivity contribution is 6.04. The Balaban J connectivity index is 1.37. The minimum absolute atomic E-state index is 0.0435. The molecule has 2 saturated heterocycles. The summed E-state index contributed by atoms with van der Waals surface area (Å²) in [5, 5.41) is 4.10. The van der Waals surface area contributed by atoms with Gasteiger partial charge in [0.25, 0.3) is 0 Å². The van der Waals surface area contributed by atoms with Gasteiger partial charge in [-0.05, 0) is 63.0 Å². The van der Waals surface area contributed by atoms with Gasteiger partial charge in [-0.3, -0.25) is 4.79 Å². The molecule has 0 saturated carbocycles. The van der Waals surface area contributed by atoms with Crippen LogP contribution < -0.4 is 0 Å². The van der Waals surface area contributed by atoms with E-state index in [0.717, 1.165) is 18.8 Å². The van der Waals surface area contributed by atoms with Crippen LogP contribution in [-0.4, -0.2) is 62.6 Å². The van der Waals surface area contributed by atoms with E-state index in [2.05, 4.69) is 19.9 Å². The summed E-state index contributed by atoms with van der Waals surface area (Å²) in [6.07, 6.45) is 11.9. The van der Waals surface area contributed by atoms with Crippen LogP contribution in [-0.2, 0) is 0 Å². The lowest BCUT2D eigenvalue weighted by atomic mass is 10.1. The molecule has 2 fully saturated rings. The minimum Gasteiger partial charge on any atom is -0.373 e. The molecule has 1 aromatic heterocycles. The van der Waals surface area contributed by atoms with Gasteiger partial charge in [0.2, 0.25) is 0 Å². The SMILES string of the molecule is O=C(C=CN1CCC[C@H]1CN1CCCC1)c1ccc(-n2cncn2)cc1. The third-order valence-electron chi connectivity index (χ3n) is 5.34. The maximum Gasteiger partial charge on any atom is 0.187 e. The first kappa shape index (κ1) is 17.0. The second kappa shape index (κ2) is 7.83. The van der Waals surface area contributed by atoms with Crippen molar-refractivity contribution in [3.63, 3.8) is 0 Å². The highest BCUT2D eigenvalue weighted by atomic mass is 16.1. The van der Waals surface area contributed by atoms with E-state index in [1.165, 1.54) is 45.1 Å². The van der Waals surface area contributed by atoms with Crippen LogP contribution in [0.5, 0.6) is 0 Å². The Morgan fingerprint density at radius 1 is 1.12 bits per heavy atom. The van der Waals surface area contributed by atoms with Crippen molar-refractivity contribution >= 4 is 5.78 Å². The Hall–Kier alpha value is -2.47. The van der Waals surface area contributed by atoms with Crippen molar-refractivity contribution in [3.05, 3.63) is 54.8 Å². The van der Waals surface area contributed by atoms with Gasteiger partial charge in [-0.1, -0.05) is 0 Å². The van der Waals surface area contributed by atoms with Crippen LogP contribution in [0.15, 0.2) is 49.2 Å². The fourth-order valence-electron chi connectivity index (χ4n) is 3.89. The van der Waals surface area contributed by atoms with Crippen LogP contribution in [0.2, 0.25) is 0 Å². The highest BCUT2D eigenvalue weighted by Gasteiger charge is 2.25. The van der Waals surface area contributed by atoms with Gasteiger partial charge in [-0.25, -0.2) is 9.67 Å². The van der Waals surface area contributed by atoms with Crippen molar-refractivity contribution in [1.82, 2.24) is 24.6 Å². The van der Waals surface area contributed by atoms with Crippen molar-refractivity contribution < 1.29 is 4.79 Å². The second-order valence-electron chi connectivity index (χ2n) is 7.11. The first-order valence-corrected chi connectivity index (χ1v) is 9.45. The number of hydrogen-bond acceptors (Lipinski definition) is 5. The third kappa shape index (κ3) is 3.85. The monoisotopic (exact) mass is 351 g/mol. The van der Waals surface area contributed by atoms with Gasteiger partial charge < -0.3 is 9.80 Å². The van der Waals surface area contributed by atoms with Gasteiger partial charge in [-0.2, -0.15) is 5.10 Å². The molecule has 2 aromatic rings. The average molecular weight is 351 g/mol. The standard InChI is InChI=1S/C20H25N5O/c26-20(17-5-7-18(8-6-17)25-16-21-15-22-25)9-13-24-12-3-4-19(24)14-23-10-1-2-11-23/h5-9,13,15-16,19H,1-4,10-12,14H2/t19-/m0/s1. The molecule has 0 bridgehead atoms. The zero-order valence-corrected chi connectivity index (χ0v) is 15.0. The van der Waals surface area contributed by atoms with E-state index >= 15 is 0 Å². The average Bonchev–Trinajstić information content (AvgIpc) is 3.43. The van der Waals surface area contributed by atoms with Crippen LogP contribution in [0.4, 0.5) is 0 Å². The first-order chi connectivity index (χ1) is 12.8. The molecule has 0 N–H and O–H groups in total. The molecule has 4 rings (SSSR count). The molecule has 1 atom stereocenters. The Morgan fingerprint density at radius 2 is 1.92 bits per heavy atom. The molecule has 136 valence electrons. The number of likely N-dealkylation sites (tertiary alicyclic amines) is 2. The molecular weight excluding hydrogens is 326 g/mol. The summed E-state index contributed by atoms with van der Waals surface area (Å²) in [5.74, 6) is 0.0435. The molecule has 1 aromatic carbocycles. The molecular formula is C20H25N5O. The summed E-state index contributed by atoms with van der Waals surface area (Å²) in [5.41, 5.74) is 1.59. The molecule has 2 aliphatic rings. The first-order valence-electron chi connectivity index (χ1n) is 9.45. The van der Waals surface area contributed by atoms with Gasteiger partial charge in [0.15, 0.2) is 5.78 Å². The van der Waals surface area contributed by atoms with Gasteiger partial charge in [-0.15, -0.1) is 0 Å². The molecule has 26 heavy (non-hydrogen) atoms. The summed E-state index contributed by atoms with van der Waals surface area (Å²) in [7, 11) is 0. The second-order valence-corrected chi connectivity index (χ2v) is 7.11. The van der Waals surface area contributed by atoms with Crippen molar-refractivity contribution in [1.29, 1.82) is 0 Å². The molecule has 3 heterocycles. The number of carbonyl (C=O) groups excluding carboxylic acids is 1. The quantitative estimate of drug-likeness (QED) is 0.591. The van der Waals surface area contributed by atoms with Crippen LogP contribution in [0.25, 0.3) is 5.69 Å². The predicted octanol–water partition coefficient (Wildman–Crippen LogP) is 2.52. The highest BCUT2D eigenvalue weighted by Crippen LogP contribution is 2.21. The maximum absolute atomic E-state index is 12.5. The lowest BCUT2D eigenvalue weighted by Gasteiger charge is -2.27. The minimum atomic E-state index is 0.0435. The molecule has 0 spiro atoms. The molecule has 6 heteroatoms. The number of allylic oxidation sites excluding steroid dienone is 1. The largest absolute Gasteiger partial charge is 0.373 e. The number of hydrogen-bond donors (Lipinski definition) is 0. The normalized spacial score (nSPS) is 21.1. The molecule has 6 nitrogen and oxygen atoms in total. The van der Waals surface area contributed by atoms with E-state index in [1.807, 2.05) is 30.5 Å². The predicted molar refractivity (Wildman–Crippen MR) is 100 cm³/mol. The molecule has 0 amide bonds. The fraction of sp³-hybridized carbons (Fsp3) is 0.450. The smallest absolute Gasteiger partial charge is 0.187 e. The lowest BCUT2D eigenvalue weighted by Crippen LogP contribution is -2.36. The van der Waals surface area contributed by atoms with Gasteiger partial charge in [0.05, 0.1) is 5.69 Å². The molecule has 2 aliphatic heterocycles. The van der Waals surface area contributed by atoms with Gasteiger partial charge in [0, 0.05) is 37.0 Å². The number of ketones is 1. The number of nitrogens with zero attached hydrogens (tertiary/aromatic N) is 5. The Labute approximate surface area is 154 Å². The van der Waals surface area contributed by atoms with Crippen molar-refractivity contribution in [3.8, 4) is 5.69 Å². The molecule has 0 aliphatic carbocycles. The van der Waals surface area contributed by atoms with Crippen LogP contribution in [0, 0.1) is 0 Å². The molecule has 0 unspecified atom stereocenters. The summed E-state index contributed by atoms with van der Waals surface area (Å²) in [6.45, 7) is 4.63. The maximum atomic E-state index is 12.5. The zero-order valence-electron chi connectivity index (χ0n) is 15.0. The number of benzene rings is 1. The third-order valence-corrected chi connectivity index (χ3v) is 5.34. The van der Waals surface area contributed by atoms with Crippen LogP contribution in [0.3, 0.4) is 0 Å². The fourth-order valence-corrected chi connectivity index (χ4v) is 3.89. The summed E-state index contributed by atoms with van der Waals surface area (Å²) >= 11 is 0. The topological polar surface area (TPSA) is 54.3 Å². The van der Waals surface area contributed by atoms with E-state index in [9.17, 15) is 4.79 Å². The van der Waals surface area contributed by atoms with E-state index in [-0.39, 0.29) is 5.78 Å². The van der Waals surface area contributed by atoms with Gasteiger partial charge in [0.1, 0.15) is 12.7 Å². The van der Waals surface area contributed by atoms with Crippen molar-refractivity contribution in [2.75, 3.05) is 26.2 Å². The van der Waals surface area contributed by atoms with E-state index < -0.39 is 0 Å². The zero-order chi connectivity index (χ0) is 17.8. The van der Waals surface area contributed by atoms with Gasteiger partial charge >= 0.3 is 0 Å². The number of aromatic nitrogens is 3. The Kier molecular flexibility index (Phi) is 5.11. The van der Waals surface area contributed by atoms with E-state index in [1.54, 1.807) is 17.1 Å². The summed E-state index contributed by atoms with van der Waals surface area (Å²) < 4.78 is 1.68. The summed E-state index contributed by atoms with van der Waals surface area (Å²) in [4.78, 5) is 21.3. The molecule has 0 radical (unpaired) electrons.